The molecule has 0 fully saturated rings. The summed E-state index contributed by atoms with van der Waals surface area (Å²) in [6, 6.07) is 9.95. The Balaban J connectivity index is 1.92. The molecule has 4 nitrogen and oxygen atoms in total. The third-order valence-electron chi connectivity index (χ3n) is 3.29. The van der Waals surface area contributed by atoms with E-state index in [2.05, 4.69) is 11.9 Å². The van der Waals surface area contributed by atoms with E-state index in [1.165, 1.54) is 0 Å². The van der Waals surface area contributed by atoms with Crippen LogP contribution in [0.25, 0.3) is 6.08 Å². The number of amides is 1. The first kappa shape index (κ1) is 18.7. The Kier molecular flexibility index (Phi) is 8.01. The number of aliphatic hydroxyl groups excluding tert-OH is 1. The second-order valence-electron chi connectivity index (χ2n) is 5.09. The molecule has 1 aromatic carbocycles. The molecule has 0 unspecified atom stereocenters. The van der Waals surface area contributed by atoms with Crippen LogP contribution in [-0.4, -0.2) is 46.3 Å². The highest BCUT2D eigenvalue weighted by atomic mass is 32.2. The molecular formula is C18H22N2O2S2. The van der Waals surface area contributed by atoms with Crippen molar-refractivity contribution < 1.29 is 9.90 Å². The number of aromatic nitrogens is 1. The van der Waals surface area contributed by atoms with Gasteiger partial charge >= 0.3 is 0 Å². The second-order valence-corrected chi connectivity index (χ2v) is 7.46. The number of aliphatic hydroxyl groups is 1. The van der Waals surface area contributed by atoms with E-state index in [1.807, 2.05) is 47.9 Å². The van der Waals surface area contributed by atoms with Crippen LogP contribution in [0, 0.1) is 0 Å². The summed E-state index contributed by atoms with van der Waals surface area (Å²) in [5.74, 6) is 0.960. The van der Waals surface area contributed by atoms with Crippen molar-refractivity contribution >= 4 is 35.1 Å². The largest absolute Gasteiger partial charge is 0.395 e. The molecule has 0 aliphatic rings. The molecule has 24 heavy (non-hydrogen) atoms. The molecule has 128 valence electrons. The quantitative estimate of drug-likeness (QED) is 0.695. The van der Waals surface area contributed by atoms with Crippen LogP contribution >= 0.6 is 23.1 Å². The fourth-order valence-electron chi connectivity index (χ4n) is 2.14. The van der Waals surface area contributed by atoms with E-state index in [1.54, 1.807) is 28.0 Å². The van der Waals surface area contributed by atoms with E-state index in [0.29, 0.717) is 13.1 Å². The number of rotatable bonds is 9. The van der Waals surface area contributed by atoms with Crippen molar-refractivity contribution in [2.45, 2.75) is 17.7 Å². The van der Waals surface area contributed by atoms with Crippen molar-refractivity contribution in [3.63, 3.8) is 0 Å². The van der Waals surface area contributed by atoms with E-state index in [9.17, 15) is 9.90 Å². The lowest BCUT2D eigenvalue weighted by atomic mass is 10.2. The highest BCUT2D eigenvalue weighted by molar-refractivity contribution is 8.00. The van der Waals surface area contributed by atoms with Gasteiger partial charge in [0.25, 0.3) is 0 Å². The van der Waals surface area contributed by atoms with Crippen LogP contribution in [0.4, 0.5) is 0 Å². The van der Waals surface area contributed by atoms with Crippen LogP contribution < -0.4 is 0 Å². The summed E-state index contributed by atoms with van der Waals surface area (Å²) < 4.78 is 0.998. The zero-order chi connectivity index (χ0) is 17.2. The minimum atomic E-state index is -0.0427. The van der Waals surface area contributed by atoms with Crippen LogP contribution in [0.3, 0.4) is 0 Å². The molecule has 6 heteroatoms. The van der Waals surface area contributed by atoms with E-state index < -0.39 is 0 Å². The molecule has 2 aromatic rings. The van der Waals surface area contributed by atoms with Gasteiger partial charge in [-0.2, -0.15) is 0 Å². The van der Waals surface area contributed by atoms with Crippen molar-refractivity contribution in [2.24, 2.45) is 0 Å². The molecule has 2 rings (SSSR count). The molecular weight excluding hydrogens is 340 g/mol. The molecule has 0 aliphatic heterocycles. The smallest absolute Gasteiger partial charge is 0.228 e. The van der Waals surface area contributed by atoms with Crippen LogP contribution in [0.1, 0.15) is 18.2 Å². The Hall–Kier alpha value is -1.63. The Morgan fingerprint density at radius 1 is 1.38 bits per heavy atom. The summed E-state index contributed by atoms with van der Waals surface area (Å²) in [6.45, 7) is 2.85. The minimum absolute atomic E-state index is 0.0138. The summed E-state index contributed by atoms with van der Waals surface area (Å²) in [4.78, 5) is 18.6. The van der Waals surface area contributed by atoms with E-state index >= 15 is 0 Å². The highest BCUT2D eigenvalue weighted by Gasteiger charge is 2.14. The number of hydrogen-bond donors (Lipinski definition) is 1. The van der Waals surface area contributed by atoms with E-state index in [4.69, 9.17) is 0 Å². The van der Waals surface area contributed by atoms with Gasteiger partial charge in [-0.1, -0.05) is 61.2 Å². The molecule has 1 heterocycles. The molecule has 1 aromatic heterocycles. The van der Waals surface area contributed by atoms with Gasteiger partial charge in [-0.3, -0.25) is 4.79 Å². The van der Waals surface area contributed by atoms with Gasteiger partial charge in [0.1, 0.15) is 4.34 Å². The summed E-state index contributed by atoms with van der Waals surface area (Å²) >= 11 is 3.26. The average molecular weight is 363 g/mol. The van der Waals surface area contributed by atoms with Crippen molar-refractivity contribution in [1.29, 1.82) is 0 Å². The van der Waals surface area contributed by atoms with Crippen molar-refractivity contribution in [2.75, 3.05) is 25.4 Å². The fourth-order valence-corrected chi connectivity index (χ4v) is 3.89. The maximum Gasteiger partial charge on any atom is 0.228 e. The molecule has 1 amide bonds. The molecule has 0 bridgehead atoms. The number of nitrogens with zero attached hydrogens (tertiary/aromatic N) is 2. The zero-order valence-electron chi connectivity index (χ0n) is 13.7. The summed E-state index contributed by atoms with van der Waals surface area (Å²) in [7, 11) is 0. The molecule has 0 aliphatic carbocycles. The van der Waals surface area contributed by atoms with Gasteiger partial charge < -0.3 is 10.0 Å². The third kappa shape index (κ3) is 6.11. The molecule has 1 N–H and O–H groups in total. The predicted molar refractivity (Wildman–Crippen MR) is 101 cm³/mol. The van der Waals surface area contributed by atoms with Gasteiger partial charge in [-0.25, -0.2) is 4.98 Å². The average Bonchev–Trinajstić information content (AvgIpc) is 3.02. The first-order valence-corrected chi connectivity index (χ1v) is 9.77. The van der Waals surface area contributed by atoms with E-state index in [0.717, 1.165) is 21.3 Å². The summed E-state index contributed by atoms with van der Waals surface area (Å²) in [6.07, 6.45) is 4.21. The lowest BCUT2D eigenvalue weighted by Crippen LogP contribution is -2.34. The molecule has 0 saturated carbocycles. The van der Waals surface area contributed by atoms with Crippen molar-refractivity contribution in [1.82, 2.24) is 9.88 Å². The maximum atomic E-state index is 12.5. The van der Waals surface area contributed by atoms with Crippen LogP contribution in [0.15, 0.2) is 46.1 Å². The fraction of sp³-hybridized carbons (Fsp3) is 0.333. The summed E-state index contributed by atoms with van der Waals surface area (Å²) in [5, 5.41) is 11.1. The third-order valence-corrected chi connectivity index (χ3v) is 5.24. The molecule has 0 radical (unpaired) electrons. The number of carbonyl (C=O) groups excluding carboxylic acids is 1. The molecule has 0 spiro atoms. The van der Waals surface area contributed by atoms with Gasteiger partial charge in [0, 0.05) is 18.5 Å². The summed E-state index contributed by atoms with van der Waals surface area (Å²) in [5.41, 5.74) is 1.89. The number of carbonyl (C=O) groups is 1. The molecule has 0 saturated heterocycles. The Bertz CT molecular complexity index is 656. The monoisotopic (exact) mass is 362 g/mol. The number of hydrogen-bond acceptors (Lipinski definition) is 5. The normalized spacial score (nSPS) is 11.1. The zero-order valence-corrected chi connectivity index (χ0v) is 15.4. The Labute approximate surface area is 151 Å². The van der Waals surface area contributed by atoms with Gasteiger partial charge in [0.15, 0.2) is 0 Å². The predicted octanol–water partition coefficient (Wildman–Crippen LogP) is 3.33. The minimum Gasteiger partial charge on any atom is -0.395 e. The lowest BCUT2D eigenvalue weighted by molar-refractivity contribution is -0.130. The van der Waals surface area contributed by atoms with Gasteiger partial charge in [0.05, 0.1) is 18.7 Å². The van der Waals surface area contributed by atoms with Gasteiger partial charge in [-0.15, -0.1) is 11.3 Å². The SMILES string of the molecule is CCSc1nc(CC(=O)N(C/C=C/c2ccccc2)CCO)cs1. The first-order chi connectivity index (χ1) is 11.7. The van der Waals surface area contributed by atoms with Crippen LogP contribution in [-0.2, 0) is 11.2 Å². The van der Waals surface area contributed by atoms with Crippen molar-refractivity contribution in [3.8, 4) is 0 Å². The standard InChI is InChI=1S/C18H22N2O2S2/c1-2-23-18-19-16(14-24-18)13-17(22)20(11-12-21)10-6-9-15-7-4-3-5-8-15/h3-9,14,21H,2,10-13H2,1H3/b9-6+. The second kappa shape index (κ2) is 10.3. The number of thiazole rings is 1. The Morgan fingerprint density at radius 2 is 2.17 bits per heavy atom. The first-order valence-electron chi connectivity index (χ1n) is 7.90. The van der Waals surface area contributed by atoms with E-state index in [-0.39, 0.29) is 18.9 Å². The van der Waals surface area contributed by atoms with Gasteiger partial charge in [0.2, 0.25) is 5.91 Å². The number of thioether (sulfide) groups is 1. The maximum absolute atomic E-state index is 12.5. The molecule has 0 atom stereocenters. The highest BCUT2D eigenvalue weighted by Crippen LogP contribution is 2.22. The lowest BCUT2D eigenvalue weighted by Gasteiger charge is -2.19. The number of benzene rings is 1. The topological polar surface area (TPSA) is 53.4 Å². The van der Waals surface area contributed by atoms with Crippen molar-refractivity contribution in [3.05, 3.63) is 53.0 Å². The van der Waals surface area contributed by atoms with Gasteiger partial charge in [-0.05, 0) is 11.3 Å². The van der Waals surface area contributed by atoms with Crippen LogP contribution in [0.2, 0.25) is 0 Å². The Morgan fingerprint density at radius 3 is 2.88 bits per heavy atom. The van der Waals surface area contributed by atoms with Crippen LogP contribution in [0.5, 0.6) is 0 Å².